The molecule has 0 bridgehead atoms. The van der Waals surface area contributed by atoms with Gasteiger partial charge >= 0.3 is 0 Å². The van der Waals surface area contributed by atoms with Gasteiger partial charge in [-0.3, -0.25) is 4.90 Å². The number of benzene rings is 1. The van der Waals surface area contributed by atoms with Gasteiger partial charge in [-0.05, 0) is 37.6 Å². The van der Waals surface area contributed by atoms with Crippen molar-refractivity contribution < 1.29 is 8.42 Å². The van der Waals surface area contributed by atoms with Crippen LogP contribution in [0.15, 0.2) is 24.3 Å². The third-order valence-electron chi connectivity index (χ3n) is 4.30. The number of piperazine rings is 1. The number of nitrogens with zero attached hydrogens (tertiary/aromatic N) is 2. The summed E-state index contributed by atoms with van der Waals surface area (Å²) in [5.41, 5.74) is 1.29. The number of hydrogen-bond acceptors (Lipinski definition) is 4. The standard InChI is InChI=1S/C16H25ClN2O2S/c1-14(15-4-6-16(17)7-5-15)19-11-9-18(10-12-19)8-3-13-22(2,20)21/h4-7,14H,3,8-13H2,1-2H3/t14-/m0/s1. The maximum absolute atomic E-state index is 11.2. The van der Waals surface area contributed by atoms with Gasteiger partial charge in [-0.25, -0.2) is 8.42 Å². The highest BCUT2D eigenvalue weighted by Gasteiger charge is 2.21. The molecule has 0 aliphatic carbocycles. The van der Waals surface area contributed by atoms with Gasteiger partial charge in [0.1, 0.15) is 9.84 Å². The second-order valence-corrected chi connectivity index (χ2v) is 8.78. The van der Waals surface area contributed by atoms with Gasteiger partial charge in [0.2, 0.25) is 0 Å². The third kappa shape index (κ3) is 5.54. The number of halogens is 1. The van der Waals surface area contributed by atoms with E-state index in [0.29, 0.717) is 6.04 Å². The highest BCUT2D eigenvalue weighted by molar-refractivity contribution is 7.90. The highest BCUT2D eigenvalue weighted by Crippen LogP contribution is 2.23. The molecule has 0 N–H and O–H groups in total. The third-order valence-corrected chi connectivity index (χ3v) is 5.58. The molecular weight excluding hydrogens is 320 g/mol. The average molecular weight is 345 g/mol. The van der Waals surface area contributed by atoms with Crippen LogP contribution >= 0.6 is 11.6 Å². The SMILES string of the molecule is C[C@@H](c1ccc(Cl)cc1)N1CCN(CCCS(C)(=O)=O)CC1. The molecule has 1 aliphatic rings. The number of sulfone groups is 1. The van der Waals surface area contributed by atoms with Crippen molar-refractivity contribution in [3.8, 4) is 0 Å². The number of hydrogen-bond donors (Lipinski definition) is 0. The highest BCUT2D eigenvalue weighted by atomic mass is 35.5. The summed E-state index contributed by atoms with van der Waals surface area (Å²) in [4.78, 5) is 4.83. The summed E-state index contributed by atoms with van der Waals surface area (Å²) in [6, 6.07) is 8.44. The fourth-order valence-corrected chi connectivity index (χ4v) is 3.66. The Balaban J connectivity index is 1.78. The summed E-state index contributed by atoms with van der Waals surface area (Å²) in [6.45, 7) is 7.13. The van der Waals surface area contributed by atoms with Crippen molar-refractivity contribution in [2.45, 2.75) is 19.4 Å². The molecule has 0 saturated carbocycles. The van der Waals surface area contributed by atoms with Gasteiger partial charge in [-0.15, -0.1) is 0 Å². The average Bonchev–Trinajstić information content (AvgIpc) is 2.47. The van der Waals surface area contributed by atoms with Crippen LogP contribution in [0.1, 0.15) is 24.9 Å². The van der Waals surface area contributed by atoms with Gasteiger partial charge in [0.25, 0.3) is 0 Å². The van der Waals surface area contributed by atoms with Gasteiger partial charge in [-0.2, -0.15) is 0 Å². The normalized spacial score (nSPS) is 19.2. The Kier molecular flexibility index (Phi) is 6.26. The lowest BCUT2D eigenvalue weighted by atomic mass is 10.1. The second kappa shape index (κ2) is 7.77. The molecule has 1 aliphatic heterocycles. The van der Waals surface area contributed by atoms with Crippen LogP contribution in [0, 0.1) is 0 Å². The van der Waals surface area contributed by atoms with Crippen LogP contribution in [0.25, 0.3) is 0 Å². The first kappa shape index (κ1) is 17.7. The van der Waals surface area contributed by atoms with Gasteiger partial charge in [0.15, 0.2) is 0 Å². The first-order valence-corrected chi connectivity index (χ1v) is 10.2. The molecule has 124 valence electrons. The van der Waals surface area contributed by atoms with E-state index in [-0.39, 0.29) is 5.75 Å². The minimum absolute atomic E-state index is 0.286. The molecule has 1 heterocycles. The fourth-order valence-electron chi connectivity index (χ4n) is 2.88. The van der Waals surface area contributed by atoms with Crippen LogP contribution in [0.2, 0.25) is 5.02 Å². The molecule has 6 heteroatoms. The zero-order valence-corrected chi connectivity index (χ0v) is 14.9. The molecule has 0 amide bonds. The maximum Gasteiger partial charge on any atom is 0.147 e. The molecule has 0 unspecified atom stereocenters. The van der Waals surface area contributed by atoms with Crippen molar-refractivity contribution in [1.82, 2.24) is 9.80 Å². The Bertz CT molecular complexity index is 566. The first-order chi connectivity index (χ1) is 10.3. The summed E-state index contributed by atoms with van der Waals surface area (Å²) in [5, 5.41) is 0.770. The second-order valence-electron chi connectivity index (χ2n) is 6.09. The van der Waals surface area contributed by atoms with E-state index in [9.17, 15) is 8.42 Å². The van der Waals surface area contributed by atoms with E-state index in [1.807, 2.05) is 12.1 Å². The van der Waals surface area contributed by atoms with Gasteiger partial charge in [-0.1, -0.05) is 23.7 Å². The van der Waals surface area contributed by atoms with E-state index in [4.69, 9.17) is 11.6 Å². The van der Waals surface area contributed by atoms with Crippen molar-refractivity contribution in [2.75, 3.05) is 44.7 Å². The summed E-state index contributed by atoms with van der Waals surface area (Å²) in [7, 11) is -2.84. The zero-order valence-electron chi connectivity index (χ0n) is 13.3. The summed E-state index contributed by atoms with van der Waals surface area (Å²) in [6.07, 6.45) is 2.03. The molecule has 2 rings (SSSR count). The van der Waals surface area contributed by atoms with E-state index in [1.165, 1.54) is 11.8 Å². The van der Waals surface area contributed by atoms with Crippen molar-refractivity contribution in [1.29, 1.82) is 0 Å². The number of rotatable bonds is 6. The van der Waals surface area contributed by atoms with Crippen molar-refractivity contribution >= 4 is 21.4 Å². The molecule has 0 radical (unpaired) electrons. The Morgan fingerprint density at radius 2 is 1.73 bits per heavy atom. The lowest BCUT2D eigenvalue weighted by molar-refractivity contribution is 0.103. The van der Waals surface area contributed by atoms with Gasteiger partial charge < -0.3 is 4.90 Å². The van der Waals surface area contributed by atoms with Crippen LogP contribution < -0.4 is 0 Å². The molecule has 1 fully saturated rings. The molecule has 1 saturated heterocycles. The van der Waals surface area contributed by atoms with Crippen LogP contribution in [0.3, 0.4) is 0 Å². The Hall–Kier alpha value is -0.620. The quantitative estimate of drug-likeness (QED) is 0.794. The fraction of sp³-hybridized carbons (Fsp3) is 0.625. The molecular formula is C16H25ClN2O2S. The van der Waals surface area contributed by atoms with Gasteiger partial charge in [0.05, 0.1) is 5.75 Å². The molecule has 4 nitrogen and oxygen atoms in total. The lowest BCUT2D eigenvalue weighted by Crippen LogP contribution is -2.47. The van der Waals surface area contributed by atoms with E-state index in [0.717, 1.165) is 44.2 Å². The van der Waals surface area contributed by atoms with Crippen molar-refractivity contribution in [3.63, 3.8) is 0 Å². The minimum atomic E-state index is -2.84. The maximum atomic E-state index is 11.2. The topological polar surface area (TPSA) is 40.6 Å². The molecule has 22 heavy (non-hydrogen) atoms. The molecule has 1 aromatic carbocycles. The Labute approximate surface area is 139 Å². The summed E-state index contributed by atoms with van der Waals surface area (Å²) >= 11 is 5.94. The Morgan fingerprint density at radius 3 is 2.27 bits per heavy atom. The van der Waals surface area contributed by atoms with Crippen LogP contribution in [0.5, 0.6) is 0 Å². The summed E-state index contributed by atoms with van der Waals surface area (Å²) in [5.74, 6) is 0.286. The van der Waals surface area contributed by atoms with E-state index < -0.39 is 9.84 Å². The summed E-state index contributed by atoms with van der Waals surface area (Å²) < 4.78 is 22.3. The predicted molar refractivity (Wildman–Crippen MR) is 92.2 cm³/mol. The van der Waals surface area contributed by atoms with Crippen LogP contribution in [0.4, 0.5) is 0 Å². The molecule has 0 aromatic heterocycles. The monoisotopic (exact) mass is 344 g/mol. The molecule has 0 spiro atoms. The van der Waals surface area contributed by atoms with Gasteiger partial charge in [0, 0.05) is 43.5 Å². The Morgan fingerprint density at radius 1 is 1.14 bits per heavy atom. The molecule has 1 atom stereocenters. The van der Waals surface area contributed by atoms with Crippen LogP contribution in [-0.2, 0) is 9.84 Å². The van der Waals surface area contributed by atoms with Crippen molar-refractivity contribution in [2.24, 2.45) is 0 Å². The minimum Gasteiger partial charge on any atom is -0.301 e. The van der Waals surface area contributed by atoms with Crippen LogP contribution in [-0.4, -0.2) is 63.0 Å². The van der Waals surface area contributed by atoms with E-state index >= 15 is 0 Å². The smallest absolute Gasteiger partial charge is 0.147 e. The predicted octanol–water partition coefficient (Wildman–Crippen LogP) is 2.45. The first-order valence-electron chi connectivity index (χ1n) is 7.75. The van der Waals surface area contributed by atoms with E-state index in [2.05, 4.69) is 28.9 Å². The lowest BCUT2D eigenvalue weighted by Gasteiger charge is -2.38. The van der Waals surface area contributed by atoms with E-state index in [1.54, 1.807) is 0 Å². The zero-order chi connectivity index (χ0) is 16.2. The van der Waals surface area contributed by atoms with Crippen molar-refractivity contribution in [3.05, 3.63) is 34.9 Å². The molecule has 1 aromatic rings. The largest absolute Gasteiger partial charge is 0.301 e.